The predicted molar refractivity (Wildman–Crippen MR) is 70.9 cm³/mol. The standard InChI is InChI=1S/C10H9F3O3.C4H9N/c1-2-16-9(15)7-5-6(14)3-4-8(7)10(11,12)13;5-4-2-1-3-4/h3-5,14H,2H2,1H3;4H,1-3,5H2. The second kappa shape index (κ2) is 7.31. The van der Waals surface area contributed by atoms with Crippen molar-refractivity contribution in [3.63, 3.8) is 0 Å². The molecule has 1 fully saturated rings. The van der Waals surface area contributed by atoms with Crippen LogP contribution in [-0.4, -0.2) is 23.7 Å². The Hall–Kier alpha value is -1.76. The summed E-state index contributed by atoms with van der Waals surface area (Å²) in [7, 11) is 0. The Balaban J connectivity index is 0.000000369. The van der Waals surface area contributed by atoms with E-state index >= 15 is 0 Å². The van der Waals surface area contributed by atoms with Crippen LogP contribution in [-0.2, 0) is 10.9 Å². The van der Waals surface area contributed by atoms with E-state index in [1.807, 2.05) is 0 Å². The van der Waals surface area contributed by atoms with Gasteiger partial charge in [0.2, 0.25) is 0 Å². The number of benzene rings is 1. The van der Waals surface area contributed by atoms with Crippen LogP contribution in [0.25, 0.3) is 0 Å². The lowest BCUT2D eigenvalue weighted by molar-refractivity contribution is -0.138. The van der Waals surface area contributed by atoms with Gasteiger partial charge in [-0.2, -0.15) is 13.2 Å². The molecule has 0 bridgehead atoms. The topological polar surface area (TPSA) is 72.5 Å². The maximum Gasteiger partial charge on any atom is 0.417 e. The first kappa shape index (κ1) is 17.3. The van der Waals surface area contributed by atoms with Crippen molar-refractivity contribution in [3.8, 4) is 5.75 Å². The molecule has 0 saturated heterocycles. The van der Waals surface area contributed by atoms with Gasteiger partial charge >= 0.3 is 12.1 Å². The maximum atomic E-state index is 12.5. The number of halogens is 3. The smallest absolute Gasteiger partial charge is 0.417 e. The summed E-state index contributed by atoms with van der Waals surface area (Å²) >= 11 is 0. The molecule has 7 heteroatoms. The highest BCUT2D eigenvalue weighted by Gasteiger charge is 2.35. The fourth-order valence-corrected chi connectivity index (χ4v) is 1.60. The van der Waals surface area contributed by atoms with Gasteiger partial charge in [-0.05, 0) is 38.0 Å². The average molecular weight is 305 g/mol. The molecule has 0 atom stereocenters. The first-order valence-electron chi connectivity index (χ1n) is 6.58. The number of carbonyl (C=O) groups is 1. The molecule has 0 heterocycles. The Labute approximate surface area is 120 Å². The number of phenols is 1. The van der Waals surface area contributed by atoms with E-state index in [1.165, 1.54) is 26.2 Å². The zero-order chi connectivity index (χ0) is 16.0. The fourth-order valence-electron chi connectivity index (χ4n) is 1.60. The van der Waals surface area contributed by atoms with Crippen LogP contribution in [0.2, 0.25) is 0 Å². The summed E-state index contributed by atoms with van der Waals surface area (Å²) in [6.45, 7) is 1.44. The molecule has 0 aliphatic heterocycles. The number of hydrogen-bond donors (Lipinski definition) is 2. The molecule has 0 unspecified atom stereocenters. The van der Waals surface area contributed by atoms with Gasteiger partial charge < -0.3 is 15.6 Å². The summed E-state index contributed by atoms with van der Waals surface area (Å²) in [5.41, 5.74) is 3.57. The van der Waals surface area contributed by atoms with Crippen molar-refractivity contribution in [2.24, 2.45) is 5.73 Å². The van der Waals surface area contributed by atoms with E-state index in [-0.39, 0.29) is 6.61 Å². The Morgan fingerprint density at radius 1 is 1.43 bits per heavy atom. The molecular formula is C14H18F3NO3. The summed E-state index contributed by atoms with van der Waals surface area (Å²) in [6, 6.07) is 2.81. The molecule has 1 saturated carbocycles. The number of phenolic OH excluding ortho intramolecular Hbond substituents is 1. The monoisotopic (exact) mass is 305 g/mol. The van der Waals surface area contributed by atoms with Crippen molar-refractivity contribution in [1.29, 1.82) is 0 Å². The van der Waals surface area contributed by atoms with Gasteiger partial charge in [0.1, 0.15) is 5.75 Å². The molecule has 1 aromatic rings. The Morgan fingerprint density at radius 2 is 2.00 bits per heavy atom. The van der Waals surface area contributed by atoms with Crippen LogP contribution in [0.3, 0.4) is 0 Å². The third-order valence-corrected chi connectivity index (χ3v) is 2.95. The number of esters is 1. The van der Waals surface area contributed by atoms with Crippen molar-refractivity contribution < 1.29 is 27.8 Å². The Morgan fingerprint density at radius 3 is 2.38 bits per heavy atom. The molecule has 0 aromatic heterocycles. The largest absolute Gasteiger partial charge is 0.508 e. The molecule has 21 heavy (non-hydrogen) atoms. The van der Waals surface area contributed by atoms with Crippen LogP contribution in [0.15, 0.2) is 18.2 Å². The van der Waals surface area contributed by atoms with Crippen LogP contribution >= 0.6 is 0 Å². The summed E-state index contributed by atoms with van der Waals surface area (Å²) in [5.74, 6) is -1.53. The summed E-state index contributed by atoms with van der Waals surface area (Å²) < 4.78 is 41.9. The van der Waals surface area contributed by atoms with Crippen LogP contribution < -0.4 is 5.73 Å². The molecule has 0 spiro atoms. The Bertz CT molecular complexity index is 485. The molecule has 1 aliphatic rings. The number of rotatable bonds is 2. The SMILES string of the molecule is CCOC(=O)c1cc(O)ccc1C(F)(F)F.NC1CCC1. The van der Waals surface area contributed by atoms with Crippen molar-refractivity contribution in [2.45, 2.75) is 38.4 Å². The quantitative estimate of drug-likeness (QED) is 0.824. The normalized spacial score (nSPS) is 14.7. The maximum absolute atomic E-state index is 12.5. The minimum atomic E-state index is -4.66. The average Bonchev–Trinajstić information content (AvgIpc) is 2.36. The Kier molecular flexibility index (Phi) is 6.02. The van der Waals surface area contributed by atoms with Crippen LogP contribution in [0.5, 0.6) is 5.75 Å². The van der Waals surface area contributed by atoms with E-state index in [2.05, 4.69) is 4.74 Å². The van der Waals surface area contributed by atoms with E-state index in [1.54, 1.807) is 0 Å². The van der Waals surface area contributed by atoms with E-state index in [4.69, 9.17) is 10.8 Å². The van der Waals surface area contributed by atoms with Crippen LogP contribution in [0.4, 0.5) is 13.2 Å². The van der Waals surface area contributed by atoms with Gasteiger partial charge in [0.05, 0.1) is 17.7 Å². The van der Waals surface area contributed by atoms with Gasteiger partial charge in [-0.25, -0.2) is 4.79 Å². The van der Waals surface area contributed by atoms with Crippen LogP contribution in [0.1, 0.15) is 42.1 Å². The zero-order valence-corrected chi connectivity index (χ0v) is 11.6. The van der Waals surface area contributed by atoms with E-state index in [9.17, 15) is 18.0 Å². The molecule has 4 nitrogen and oxygen atoms in total. The van der Waals surface area contributed by atoms with Crippen molar-refractivity contribution in [3.05, 3.63) is 29.3 Å². The molecule has 2 rings (SSSR count). The number of nitrogens with two attached hydrogens (primary N) is 1. The minimum Gasteiger partial charge on any atom is -0.508 e. The highest BCUT2D eigenvalue weighted by molar-refractivity contribution is 5.91. The van der Waals surface area contributed by atoms with Gasteiger partial charge in [0.25, 0.3) is 0 Å². The van der Waals surface area contributed by atoms with Crippen molar-refractivity contribution in [1.82, 2.24) is 0 Å². The zero-order valence-electron chi connectivity index (χ0n) is 11.6. The summed E-state index contributed by atoms with van der Waals surface area (Å²) in [4.78, 5) is 11.2. The summed E-state index contributed by atoms with van der Waals surface area (Å²) in [6.07, 6.45) is -0.767. The van der Waals surface area contributed by atoms with Gasteiger partial charge in [0.15, 0.2) is 0 Å². The number of carbonyl (C=O) groups excluding carboxylic acids is 1. The summed E-state index contributed by atoms with van der Waals surface area (Å²) in [5, 5.41) is 9.05. The molecule has 3 N–H and O–H groups in total. The van der Waals surface area contributed by atoms with Gasteiger partial charge in [-0.1, -0.05) is 6.42 Å². The molecule has 118 valence electrons. The second-order valence-corrected chi connectivity index (χ2v) is 4.64. The van der Waals surface area contributed by atoms with E-state index in [0.29, 0.717) is 12.1 Å². The van der Waals surface area contributed by atoms with Crippen molar-refractivity contribution in [2.75, 3.05) is 6.61 Å². The molecule has 0 radical (unpaired) electrons. The third-order valence-electron chi connectivity index (χ3n) is 2.95. The third kappa shape index (κ3) is 5.26. The first-order chi connectivity index (χ1) is 9.75. The first-order valence-corrected chi connectivity index (χ1v) is 6.58. The highest BCUT2D eigenvalue weighted by atomic mass is 19.4. The van der Waals surface area contributed by atoms with Gasteiger partial charge in [-0.3, -0.25) is 0 Å². The molecule has 1 aliphatic carbocycles. The van der Waals surface area contributed by atoms with Crippen molar-refractivity contribution >= 4 is 5.97 Å². The lowest BCUT2D eigenvalue weighted by Gasteiger charge is -2.18. The van der Waals surface area contributed by atoms with E-state index in [0.717, 1.165) is 12.1 Å². The fraction of sp³-hybridized carbons (Fsp3) is 0.500. The minimum absolute atomic E-state index is 0.0359. The van der Waals surface area contributed by atoms with Gasteiger partial charge in [0, 0.05) is 6.04 Å². The molecule has 1 aromatic carbocycles. The second-order valence-electron chi connectivity index (χ2n) is 4.64. The number of aromatic hydroxyl groups is 1. The predicted octanol–water partition coefficient (Wildman–Crippen LogP) is 3.09. The number of alkyl halides is 3. The van der Waals surface area contributed by atoms with Crippen LogP contribution in [0, 0.1) is 0 Å². The number of hydrogen-bond acceptors (Lipinski definition) is 4. The number of ether oxygens (including phenoxy) is 1. The lowest BCUT2D eigenvalue weighted by Crippen LogP contribution is -2.27. The molecule has 0 amide bonds. The lowest BCUT2D eigenvalue weighted by atomic mass is 9.95. The molecular weight excluding hydrogens is 287 g/mol. The van der Waals surface area contributed by atoms with E-state index < -0.39 is 29.0 Å². The highest BCUT2D eigenvalue weighted by Crippen LogP contribution is 2.33. The van der Waals surface area contributed by atoms with Gasteiger partial charge in [-0.15, -0.1) is 0 Å².